The lowest BCUT2D eigenvalue weighted by molar-refractivity contribution is 0.0982. The van der Waals surface area contributed by atoms with E-state index in [1.807, 2.05) is 29.2 Å². The molecule has 3 aromatic rings. The van der Waals surface area contributed by atoms with E-state index in [0.717, 1.165) is 31.8 Å². The van der Waals surface area contributed by atoms with Crippen LogP contribution in [0.15, 0.2) is 48.9 Å². The van der Waals surface area contributed by atoms with Crippen molar-refractivity contribution in [3.63, 3.8) is 0 Å². The molecule has 0 bridgehead atoms. The van der Waals surface area contributed by atoms with Crippen LogP contribution >= 0.6 is 22.6 Å². The normalized spacial score (nSPS) is 15.2. The number of hydrogen-bond donors (Lipinski definition) is 2. The van der Waals surface area contributed by atoms with E-state index in [0.29, 0.717) is 6.54 Å². The Balaban J connectivity index is 1.65. The van der Waals surface area contributed by atoms with E-state index in [1.54, 1.807) is 18.6 Å². The number of anilines is 2. The molecule has 132 valence electrons. The maximum Gasteiger partial charge on any atom is 0.259 e. The highest BCUT2D eigenvalue weighted by Gasteiger charge is 2.44. The molecule has 2 N–H and O–H groups in total. The summed E-state index contributed by atoms with van der Waals surface area (Å²) in [5, 5.41) is 10.1. The van der Waals surface area contributed by atoms with Gasteiger partial charge in [-0.3, -0.25) is 19.8 Å². The molecule has 2 aromatic heterocycles. The van der Waals surface area contributed by atoms with Crippen LogP contribution in [-0.2, 0) is 12.1 Å². The highest BCUT2D eigenvalue weighted by atomic mass is 127. The second-order valence-corrected chi connectivity index (χ2v) is 8.00. The van der Waals surface area contributed by atoms with Crippen molar-refractivity contribution in [2.75, 3.05) is 10.2 Å². The number of hydrogen-bond acceptors (Lipinski definition) is 4. The SMILES string of the molecule is CC1(C)c2cc(I)ccc2C(=O)N1c1cncc(CNc2cc[nH]n2)c1. The summed E-state index contributed by atoms with van der Waals surface area (Å²) in [5.41, 5.74) is 3.17. The minimum atomic E-state index is -0.427. The van der Waals surface area contributed by atoms with Crippen LogP contribution in [0.1, 0.15) is 35.3 Å². The Kier molecular flexibility index (Phi) is 4.18. The third kappa shape index (κ3) is 2.86. The van der Waals surface area contributed by atoms with Gasteiger partial charge in [-0.2, -0.15) is 5.10 Å². The van der Waals surface area contributed by atoms with Crippen LogP contribution in [-0.4, -0.2) is 21.1 Å². The number of carbonyl (C=O) groups is 1. The van der Waals surface area contributed by atoms with Crippen LogP contribution in [0.4, 0.5) is 11.5 Å². The van der Waals surface area contributed by atoms with Crippen molar-refractivity contribution in [1.82, 2.24) is 15.2 Å². The monoisotopic (exact) mass is 459 g/mol. The summed E-state index contributed by atoms with van der Waals surface area (Å²) in [6.45, 7) is 4.72. The van der Waals surface area contributed by atoms with Gasteiger partial charge in [0, 0.05) is 28.1 Å². The van der Waals surface area contributed by atoms with Crippen LogP contribution < -0.4 is 10.2 Å². The zero-order valence-electron chi connectivity index (χ0n) is 14.5. The number of nitrogens with one attached hydrogen (secondary N) is 2. The van der Waals surface area contributed by atoms with Crippen molar-refractivity contribution in [2.24, 2.45) is 0 Å². The molecule has 26 heavy (non-hydrogen) atoms. The van der Waals surface area contributed by atoms with Crippen LogP contribution in [0.5, 0.6) is 0 Å². The van der Waals surface area contributed by atoms with Gasteiger partial charge in [0.15, 0.2) is 0 Å². The van der Waals surface area contributed by atoms with Gasteiger partial charge in [0.05, 0.1) is 17.4 Å². The molecule has 0 fully saturated rings. The van der Waals surface area contributed by atoms with Gasteiger partial charge in [-0.25, -0.2) is 0 Å². The Morgan fingerprint density at radius 3 is 2.85 bits per heavy atom. The Morgan fingerprint density at radius 2 is 2.08 bits per heavy atom. The Morgan fingerprint density at radius 1 is 1.23 bits per heavy atom. The number of benzene rings is 1. The number of halogens is 1. The molecule has 0 spiro atoms. The molecule has 7 heteroatoms. The Labute approximate surface area is 165 Å². The van der Waals surface area contributed by atoms with Gasteiger partial charge in [0.1, 0.15) is 5.82 Å². The third-order valence-corrected chi connectivity index (χ3v) is 5.32. The van der Waals surface area contributed by atoms with Crippen molar-refractivity contribution < 1.29 is 4.79 Å². The molecule has 0 atom stereocenters. The lowest BCUT2D eigenvalue weighted by atomic mass is 9.93. The van der Waals surface area contributed by atoms with Crippen LogP contribution in [0.3, 0.4) is 0 Å². The van der Waals surface area contributed by atoms with Crippen LogP contribution in [0, 0.1) is 3.57 Å². The molecule has 1 amide bonds. The van der Waals surface area contributed by atoms with Gasteiger partial charge in [0.25, 0.3) is 5.91 Å². The van der Waals surface area contributed by atoms with Crippen LogP contribution in [0.2, 0.25) is 0 Å². The molecular formula is C19H18IN5O. The maximum atomic E-state index is 13.0. The molecule has 3 heterocycles. The number of H-pyrrole nitrogens is 1. The highest BCUT2D eigenvalue weighted by molar-refractivity contribution is 14.1. The molecule has 1 aliphatic heterocycles. The van der Waals surface area contributed by atoms with Crippen molar-refractivity contribution in [1.29, 1.82) is 0 Å². The molecule has 4 rings (SSSR count). The third-order valence-electron chi connectivity index (χ3n) is 4.65. The Hall–Kier alpha value is -2.42. The first-order valence-electron chi connectivity index (χ1n) is 8.29. The van der Waals surface area contributed by atoms with Gasteiger partial charge in [0.2, 0.25) is 0 Å². The fraction of sp³-hybridized carbons (Fsp3) is 0.211. The minimum Gasteiger partial charge on any atom is -0.364 e. The number of aromatic nitrogens is 3. The number of amides is 1. The van der Waals surface area contributed by atoms with Gasteiger partial charge in [-0.1, -0.05) is 0 Å². The number of aromatic amines is 1. The standard InChI is InChI=1S/C19H18IN5O/c1-19(2)16-8-13(20)3-4-15(16)18(26)25(19)14-7-12(9-21-11-14)10-22-17-5-6-23-24-17/h3-9,11H,10H2,1-2H3,(H2,22,23,24). The van der Waals surface area contributed by atoms with Gasteiger partial charge < -0.3 is 5.32 Å². The van der Waals surface area contributed by atoms with Crippen molar-refractivity contribution in [3.8, 4) is 0 Å². The average Bonchev–Trinajstić information content (AvgIpc) is 3.19. The molecule has 1 aromatic carbocycles. The molecule has 0 radical (unpaired) electrons. The first-order chi connectivity index (χ1) is 12.5. The zero-order valence-corrected chi connectivity index (χ0v) is 16.6. The van der Waals surface area contributed by atoms with Crippen molar-refractivity contribution in [3.05, 3.63) is 69.2 Å². The Bertz CT molecular complexity index is 968. The zero-order chi connectivity index (χ0) is 18.3. The lowest BCUT2D eigenvalue weighted by Gasteiger charge is -2.32. The van der Waals surface area contributed by atoms with Gasteiger partial charge >= 0.3 is 0 Å². The average molecular weight is 459 g/mol. The van der Waals surface area contributed by atoms with E-state index in [-0.39, 0.29) is 5.91 Å². The van der Waals surface area contributed by atoms with E-state index in [9.17, 15) is 4.79 Å². The van der Waals surface area contributed by atoms with Crippen molar-refractivity contribution >= 4 is 40.0 Å². The number of rotatable bonds is 4. The molecular weight excluding hydrogens is 441 g/mol. The molecule has 0 saturated carbocycles. The van der Waals surface area contributed by atoms with E-state index in [4.69, 9.17) is 0 Å². The summed E-state index contributed by atoms with van der Waals surface area (Å²) in [6.07, 6.45) is 5.31. The van der Waals surface area contributed by atoms with E-state index in [2.05, 4.69) is 63.0 Å². The van der Waals surface area contributed by atoms with Gasteiger partial charge in [-0.05, 0) is 77.9 Å². The summed E-state index contributed by atoms with van der Waals surface area (Å²) in [4.78, 5) is 19.2. The summed E-state index contributed by atoms with van der Waals surface area (Å²) in [7, 11) is 0. The van der Waals surface area contributed by atoms with Gasteiger partial charge in [-0.15, -0.1) is 0 Å². The number of fused-ring (bicyclic) bond motifs is 1. The lowest BCUT2D eigenvalue weighted by Crippen LogP contribution is -2.39. The second kappa shape index (κ2) is 6.39. The minimum absolute atomic E-state index is 0.0145. The predicted molar refractivity (Wildman–Crippen MR) is 109 cm³/mol. The summed E-state index contributed by atoms with van der Waals surface area (Å²) in [5.74, 6) is 0.788. The highest BCUT2D eigenvalue weighted by Crippen LogP contribution is 2.42. The summed E-state index contributed by atoms with van der Waals surface area (Å²) in [6, 6.07) is 9.84. The number of nitrogens with zero attached hydrogens (tertiary/aromatic N) is 3. The second-order valence-electron chi connectivity index (χ2n) is 6.75. The molecule has 1 aliphatic rings. The smallest absolute Gasteiger partial charge is 0.259 e. The number of carbonyl (C=O) groups excluding carboxylic acids is 1. The molecule has 0 aliphatic carbocycles. The fourth-order valence-electron chi connectivity index (χ4n) is 3.39. The predicted octanol–water partition coefficient (Wildman–Crippen LogP) is 3.92. The first-order valence-corrected chi connectivity index (χ1v) is 9.37. The summed E-state index contributed by atoms with van der Waals surface area (Å²) < 4.78 is 1.12. The van der Waals surface area contributed by atoms with Crippen molar-refractivity contribution in [2.45, 2.75) is 25.9 Å². The quantitative estimate of drug-likeness (QED) is 0.581. The molecule has 0 unspecified atom stereocenters. The van der Waals surface area contributed by atoms with Crippen LogP contribution in [0.25, 0.3) is 0 Å². The topological polar surface area (TPSA) is 73.9 Å². The van der Waals surface area contributed by atoms with E-state index >= 15 is 0 Å². The molecule has 6 nitrogen and oxygen atoms in total. The number of pyridine rings is 1. The largest absolute Gasteiger partial charge is 0.364 e. The first kappa shape index (κ1) is 17.0. The van der Waals surface area contributed by atoms with E-state index < -0.39 is 5.54 Å². The summed E-state index contributed by atoms with van der Waals surface area (Å²) >= 11 is 2.28. The molecule has 0 saturated heterocycles. The maximum absolute atomic E-state index is 13.0. The fourth-order valence-corrected chi connectivity index (χ4v) is 3.88. The van der Waals surface area contributed by atoms with E-state index in [1.165, 1.54) is 0 Å².